The smallest absolute Gasteiger partial charge is 0.223 e. The first-order chi connectivity index (χ1) is 16.1. The zero-order chi connectivity index (χ0) is 24.2. The van der Waals surface area contributed by atoms with Crippen molar-refractivity contribution in [3.8, 4) is 5.75 Å². The maximum Gasteiger partial charge on any atom is 0.223 e. The molecule has 0 bridgehead atoms. The van der Waals surface area contributed by atoms with Crippen LogP contribution >= 0.6 is 0 Å². The number of hydrogen-bond acceptors (Lipinski definition) is 8. The van der Waals surface area contributed by atoms with Crippen LogP contribution in [0, 0.1) is 5.82 Å². The van der Waals surface area contributed by atoms with Gasteiger partial charge in [-0.3, -0.25) is 4.68 Å². The summed E-state index contributed by atoms with van der Waals surface area (Å²) in [6.07, 6.45) is 5.65. The Labute approximate surface area is 196 Å². The third kappa shape index (κ3) is 4.00. The predicted molar refractivity (Wildman–Crippen MR) is 127 cm³/mol. The van der Waals surface area contributed by atoms with E-state index in [0.717, 1.165) is 18.5 Å². The van der Waals surface area contributed by atoms with Gasteiger partial charge in [0, 0.05) is 30.8 Å². The standard InChI is InChI=1S/C23H29FN8O2/c1-13-5-6-14(10-31(13)16-9-26-30(11-16)12-23(2,3)33)20-28-21-17-7-15(24)8-18(34-4)19(17)27-22(25)32(21)29-20/h7-9,11,13-14,33H,5-6,10,12H2,1-4H3,(H2,25,27)/t13-,14+/m1/s1. The number of nitrogen functional groups attached to an aromatic ring is 1. The molecular weight excluding hydrogens is 439 g/mol. The van der Waals surface area contributed by atoms with Gasteiger partial charge in [0.15, 0.2) is 11.5 Å². The minimum atomic E-state index is -0.849. The van der Waals surface area contributed by atoms with E-state index < -0.39 is 11.4 Å². The molecule has 2 atom stereocenters. The number of aliphatic hydroxyl groups is 1. The Morgan fingerprint density at radius 1 is 1.26 bits per heavy atom. The first-order valence-electron chi connectivity index (χ1n) is 11.3. The van der Waals surface area contributed by atoms with Crippen LogP contribution in [0.4, 0.5) is 16.0 Å². The van der Waals surface area contributed by atoms with Crippen LogP contribution in [-0.2, 0) is 6.54 Å². The SMILES string of the molecule is COc1cc(F)cc2c1nc(N)n1nc([C@H]3CC[C@@H](C)N(c4cnn(CC(C)(C)O)c4)C3)nc21. The second kappa shape index (κ2) is 8.08. The van der Waals surface area contributed by atoms with Crippen LogP contribution in [0.5, 0.6) is 5.75 Å². The van der Waals surface area contributed by atoms with Crippen LogP contribution < -0.4 is 15.4 Å². The molecule has 5 rings (SSSR count). The number of hydrogen-bond donors (Lipinski definition) is 2. The van der Waals surface area contributed by atoms with Gasteiger partial charge in [-0.25, -0.2) is 14.4 Å². The van der Waals surface area contributed by atoms with Crippen LogP contribution in [0.3, 0.4) is 0 Å². The molecule has 0 saturated carbocycles. The van der Waals surface area contributed by atoms with E-state index in [1.807, 2.05) is 12.4 Å². The van der Waals surface area contributed by atoms with Crippen LogP contribution in [0.1, 0.15) is 45.4 Å². The lowest BCUT2D eigenvalue weighted by molar-refractivity contribution is 0.0577. The van der Waals surface area contributed by atoms with Crippen molar-refractivity contribution in [3.05, 3.63) is 36.2 Å². The first kappa shape index (κ1) is 22.3. The molecule has 0 radical (unpaired) electrons. The van der Waals surface area contributed by atoms with Crippen molar-refractivity contribution in [2.75, 3.05) is 24.3 Å². The number of rotatable bonds is 5. The highest BCUT2D eigenvalue weighted by atomic mass is 19.1. The van der Waals surface area contributed by atoms with Gasteiger partial charge in [-0.05, 0) is 39.7 Å². The Bertz CT molecular complexity index is 1360. The molecule has 4 aromatic rings. The van der Waals surface area contributed by atoms with Gasteiger partial charge in [0.05, 0.1) is 36.5 Å². The number of aromatic nitrogens is 6. The number of benzene rings is 1. The molecule has 0 spiro atoms. The predicted octanol–water partition coefficient (Wildman–Crippen LogP) is 2.75. The lowest BCUT2D eigenvalue weighted by Gasteiger charge is -2.37. The molecule has 4 heterocycles. The van der Waals surface area contributed by atoms with Crippen LogP contribution in [0.15, 0.2) is 24.5 Å². The molecule has 3 N–H and O–H groups in total. The maximum absolute atomic E-state index is 14.2. The summed E-state index contributed by atoms with van der Waals surface area (Å²) < 4.78 is 22.8. The highest BCUT2D eigenvalue weighted by Crippen LogP contribution is 2.34. The Kier molecular flexibility index (Phi) is 5.31. The third-order valence-electron chi connectivity index (χ3n) is 6.31. The molecule has 180 valence electrons. The molecule has 0 aliphatic carbocycles. The molecule has 11 heteroatoms. The average Bonchev–Trinajstić information content (AvgIpc) is 3.41. The molecule has 34 heavy (non-hydrogen) atoms. The zero-order valence-corrected chi connectivity index (χ0v) is 19.7. The number of nitrogens with zero attached hydrogens (tertiary/aromatic N) is 7. The fraction of sp³-hybridized carbons (Fsp3) is 0.478. The molecular formula is C23H29FN8O2. The summed E-state index contributed by atoms with van der Waals surface area (Å²) in [4.78, 5) is 11.5. The molecule has 1 fully saturated rings. The number of methoxy groups -OCH3 is 1. The topological polar surface area (TPSA) is 120 Å². The van der Waals surface area contributed by atoms with Gasteiger partial charge in [0.25, 0.3) is 0 Å². The molecule has 1 aliphatic rings. The van der Waals surface area contributed by atoms with Gasteiger partial charge in [0.2, 0.25) is 5.95 Å². The zero-order valence-electron chi connectivity index (χ0n) is 19.7. The highest BCUT2D eigenvalue weighted by Gasteiger charge is 2.31. The molecule has 1 aliphatic heterocycles. The number of anilines is 2. The Hall–Kier alpha value is -3.47. The van der Waals surface area contributed by atoms with E-state index in [9.17, 15) is 9.50 Å². The minimum Gasteiger partial charge on any atom is -0.494 e. The summed E-state index contributed by atoms with van der Waals surface area (Å²) in [7, 11) is 1.47. The lowest BCUT2D eigenvalue weighted by Crippen LogP contribution is -2.41. The fourth-order valence-electron chi connectivity index (χ4n) is 4.67. The van der Waals surface area contributed by atoms with E-state index in [0.29, 0.717) is 47.3 Å². The molecule has 10 nitrogen and oxygen atoms in total. The minimum absolute atomic E-state index is 0.0543. The monoisotopic (exact) mass is 468 g/mol. The molecule has 0 amide bonds. The quantitative estimate of drug-likeness (QED) is 0.459. The van der Waals surface area contributed by atoms with Crippen molar-refractivity contribution in [1.82, 2.24) is 29.4 Å². The maximum atomic E-state index is 14.2. The summed E-state index contributed by atoms with van der Waals surface area (Å²) in [5, 5.41) is 19.7. The van der Waals surface area contributed by atoms with Crippen LogP contribution in [-0.4, -0.2) is 59.8 Å². The second-order valence-corrected chi connectivity index (χ2v) is 9.66. The Morgan fingerprint density at radius 2 is 2.06 bits per heavy atom. The van der Waals surface area contributed by atoms with Gasteiger partial charge >= 0.3 is 0 Å². The van der Waals surface area contributed by atoms with Crippen LogP contribution in [0.25, 0.3) is 16.6 Å². The van der Waals surface area contributed by atoms with Gasteiger partial charge in [0.1, 0.15) is 17.1 Å². The number of piperidine rings is 1. The third-order valence-corrected chi connectivity index (χ3v) is 6.31. The fourth-order valence-corrected chi connectivity index (χ4v) is 4.67. The Morgan fingerprint density at radius 3 is 2.79 bits per heavy atom. The van der Waals surface area contributed by atoms with E-state index in [1.165, 1.54) is 23.8 Å². The summed E-state index contributed by atoms with van der Waals surface area (Å²) in [6, 6.07) is 2.98. The Balaban J connectivity index is 1.49. The van der Waals surface area contributed by atoms with Crippen molar-refractivity contribution >= 4 is 28.2 Å². The summed E-state index contributed by atoms with van der Waals surface area (Å²) in [5.74, 6) is 0.723. The molecule has 1 saturated heterocycles. The number of fused-ring (bicyclic) bond motifs is 3. The largest absolute Gasteiger partial charge is 0.494 e. The van der Waals surface area contributed by atoms with Crippen molar-refractivity contribution in [1.29, 1.82) is 0 Å². The van der Waals surface area contributed by atoms with E-state index in [4.69, 9.17) is 15.5 Å². The molecule has 1 aromatic carbocycles. The van der Waals surface area contributed by atoms with Gasteiger partial charge < -0.3 is 20.5 Å². The van der Waals surface area contributed by atoms with E-state index in [2.05, 4.69) is 27.0 Å². The molecule has 3 aromatic heterocycles. The van der Waals surface area contributed by atoms with Gasteiger partial charge in [-0.15, -0.1) is 5.10 Å². The lowest BCUT2D eigenvalue weighted by atomic mass is 9.92. The van der Waals surface area contributed by atoms with E-state index in [-0.39, 0.29) is 11.9 Å². The normalized spacial score (nSPS) is 19.3. The van der Waals surface area contributed by atoms with Crippen molar-refractivity contribution in [2.24, 2.45) is 0 Å². The second-order valence-electron chi connectivity index (χ2n) is 9.66. The van der Waals surface area contributed by atoms with Crippen molar-refractivity contribution in [3.63, 3.8) is 0 Å². The van der Waals surface area contributed by atoms with Crippen molar-refractivity contribution < 1.29 is 14.2 Å². The summed E-state index contributed by atoms with van der Waals surface area (Å²) in [5.41, 5.74) is 7.23. The average molecular weight is 469 g/mol. The number of halogens is 1. The van der Waals surface area contributed by atoms with Gasteiger partial charge in [-0.1, -0.05) is 0 Å². The highest BCUT2D eigenvalue weighted by molar-refractivity contribution is 5.95. The van der Waals surface area contributed by atoms with E-state index >= 15 is 0 Å². The van der Waals surface area contributed by atoms with Crippen LogP contribution in [0.2, 0.25) is 0 Å². The summed E-state index contributed by atoms with van der Waals surface area (Å²) in [6.45, 7) is 6.82. The first-order valence-corrected chi connectivity index (χ1v) is 11.3. The van der Waals surface area contributed by atoms with Crippen molar-refractivity contribution in [2.45, 2.75) is 57.7 Å². The number of nitrogens with two attached hydrogens (primary N) is 1. The summed E-state index contributed by atoms with van der Waals surface area (Å²) >= 11 is 0. The van der Waals surface area contributed by atoms with Gasteiger partial charge in [-0.2, -0.15) is 9.61 Å². The number of ether oxygens (including phenoxy) is 1. The van der Waals surface area contributed by atoms with E-state index in [1.54, 1.807) is 18.5 Å². The molecule has 0 unspecified atom stereocenters.